The van der Waals surface area contributed by atoms with E-state index in [4.69, 9.17) is 5.84 Å². The number of fused-ring (bicyclic) bond motifs is 1. The lowest BCUT2D eigenvalue weighted by molar-refractivity contribution is 0.782. The van der Waals surface area contributed by atoms with Crippen LogP contribution >= 0.6 is 11.8 Å². The molecule has 0 saturated carbocycles. The van der Waals surface area contributed by atoms with Gasteiger partial charge in [0.05, 0.1) is 17.3 Å². The number of thioether (sulfide) groups is 1. The first-order chi connectivity index (χ1) is 9.67. The van der Waals surface area contributed by atoms with E-state index in [0.29, 0.717) is 22.6 Å². The molecule has 0 aliphatic heterocycles. The Kier molecular flexibility index (Phi) is 3.24. The van der Waals surface area contributed by atoms with E-state index in [1.54, 1.807) is 10.9 Å². The molecule has 0 bridgehead atoms. The van der Waals surface area contributed by atoms with Gasteiger partial charge in [0.1, 0.15) is 11.6 Å². The second-order valence-electron chi connectivity index (χ2n) is 4.13. The molecule has 3 rings (SSSR count). The van der Waals surface area contributed by atoms with Crippen molar-refractivity contribution in [1.29, 1.82) is 0 Å². The zero-order chi connectivity index (χ0) is 14.1. The van der Waals surface area contributed by atoms with Crippen LogP contribution in [0.3, 0.4) is 0 Å². The lowest BCUT2D eigenvalue weighted by Crippen LogP contribution is -2.11. The van der Waals surface area contributed by atoms with Crippen LogP contribution in [0.2, 0.25) is 0 Å². The summed E-state index contributed by atoms with van der Waals surface area (Å²) in [5.41, 5.74) is 3.31. The summed E-state index contributed by atoms with van der Waals surface area (Å²) in [5.74, 6) is 8.02. The van der Waals surface area contributed by atoms with Gasteiger partial charge < -0.3 is 5.43 Å². The highest BCUT2D eigenvalue weighted by Crippen LogP contribution is 2.22. The molecule has 0 aromatic carbocycles. The molecule has 0 atom stereocenters. The molecule has 3 aromatic rings. The highest BCUT2D eigenvalue weighted by molar-refractivity contribution is 7.98. The Morgan fingerprint density at radius 1 is 1.40 bits per heavy atom. The van der Waals surface area contributed by atoms with Crippen LogP contribution in [0.25, 0.3) is 11.0 Å². The summed E-state index contributed by atoms with van der Waals surface area (Å²) in [6.07, 6.45) is 1.68. The SMILES string of the molecule is Cc1nc(SCc2nc(NN)c3cnn(C)c3n2)n[nH]1. The van der Waals surface area contributed by atoms with Crippen molar-refractivity contribution in [3.63, 3.8) is 0 Å². The molecular formula is C10H13N9S. The molecule has 3 aromatic heterocycles. The zero-order valence-electron chi connectivity index (χ0n) is 11.0. The summed E-state index contributed by atoms with van der Waals surface area (Å²) in [7, 11) is 1.82. The number of hydrogen-bond acceptors (Lipinski definition) is 8. The zero-order valence-corrected chi connectivity index (χ0v) is 11.8. The van der Waals surface area contributed by atoms with E-state index >= 15 is 0 Å². The highest BCUT2D eigenvalue weighted by atomic mass is 32.2. The van der Waals surface area contributed by atoms with E-state index in [2.05, 4.69) is 35.7 Å². The largest absolute Gasteiger partial charge is 0.308 e. The number of aryl methyl sites for hydroxylation is 2. The van der Waals surface area contributed by atoms with Crippen molar-refractivity contribution in [2.45, 2.75) is 17.8 Å². The molecular weight excluding hydrogens is 278 g/mol. The van der Waals surface area contributed by atoms with Crippen molar-refractivity contribution in [2.75, 3.05) is 5.43 Å². The van der Waals surface area contributed by atoms with Gasteiger partial charge in [0, 0.05) is 7.05 Å². The van der Waals surface area contributed by atoms with Gasteiger partial charge in [-0.25, -0.2) is 20.8 Å². The van der Waals surface area contributed by atoms with Crippen LogP contribution < -0.4 is 11.3 Å². The van der Waals surface area contributed by atoms with Gasteiger partial charge in [-0.1, -0.05) is 11.8 Å². The molecule has 0 fully saturated rings. The van der Waals surface area contributed by atoms with E-state index in [9.17, 15) is 0 Å². The molecule has 0 aliphatic rings. The van der Waals surface area contributed by atoms with Crippen LogP contribution in [-0.2, 0) is 12.8 Å². The molecule has 0 amide bonds. The number of H-pyrrole nitrogens is 1. The van der Waals surface area contributed by atoms with E-state index in [-0.39, 0.29) is 0 Å². The van der Waals surface area contributed by atoms with Gasteiger partial charge in [0.2, 0.25) is 5.16 Å². The fourth-order valence-electron chi connectivity index (χ4n) is 1.76. The average Bonchev–Trinajstić information content (AvgIpc) is 3.03. The molecule has 0 unspecified atom stereocenters. The molecule has 20 heavy (non-hydrogen) atoms. The number of anilines is 1. The number of nitrogens with one attached hydrogen (secondary N) is 2. The summed E-state index contributed by atoms with van der Waals surface area (Å²) in [5, 5.41) is 12.5. The Balaban J connectivity index is 1.89. The van der Waals surface area contributed by atoms with Crippen molar-refractivity contribution in [3.05, 3.63) is 17.8 Å². The predicted octanol–water partition coefficient (Wildman–Crippen LogP) is 0.368. The number of nitrogens with two attached hydrogens (primary N) is 1. The molecule has 104 valence electrons. The lowest BCUT2D eigenvalue weighted by Gasteiger charge is -2.04. The topological polar surface area (TPSA) is 123 Å². The van der Waals surface area contributed by atoms with Gasteiger partial charge in [0.15, 0.2) is 11.5 Å². The lowest BCUT2D eigenvalue weighted by atomic mass is 10.4. The number of hydrogen-bond donors (Lipinski definition) is 3. The Morgan fingerprint density at radius 3 is 2.95 bits per heavy atom. The summed E-state index contributed by atoms with van der Waals surface area (Å²) in [6, 6.07) is 0. The second-order valence-corrected chi connectivity index (χ2v) is 5.07. The van der Waals surface area contributed by atoms with Gasteiger partial charge in [-0.05, 0) is 6.92 Å². The first-order valence-electron chi connectivity index (χ1n) is 5.84. The Hall–Kier alpha value is -2.20. The van der Waals surface area contributed by atoms with E-state index in [0.717, 1.165) is 16.9 Å². The fourth-order valence-corrected chi connectivity index (χ4v) is 2.46. The van der Waals surface area contributed by atoms with Crippen molar-refractivity contribution >= 4 is 28.6 Å². The number of aromatic amines is 1. The molecule has 0 aliphatic carbocycles. The first-order valence-corrected chi connectivity index (χ1v) is 6.83. The number of hydrazine groups is 1. The van der Waals surface area contributed by atoms with Gasteiger partial charge in [0.25, 0.3) is 0 Å². The average molecular weight is 291 g/mol. The van der Waals surface area contributed by atoms with Crippen molar-refractivity contribution in [3.8, 4) is 0 Å². The van der Waals surface area contributed by atoms with E-state index < -0.39 is 0 Å². The maximum absolute atomic E-state index is 5.49. The quantitative estimate of drug-likeness (QED) is 0.358. The molecule has 0 saturated heterocycles. The first kappa shape index (κ1) is 12.8. The fraction of sp³-hybridized carbons (Fsp3) is 0.300. The van der Waals surface area contributed by atoms with Crippen LogP contribution in [0.1, 0.15) is 11.6 Å². The minimum absolute atomic E-state index is 0.549. The minimum Gasteiger partial charge on any atom is -0.308 e. The Labute approximate surface area is 118 Å². The standard InChI is InChI=1S/C10H13N9S/c1-5-13-10(18-17-5)20-4-7-14-8(16-11)6-3-12-19(2)9(6)15-7/h3H,4,11H2,1-2H3,(H,13,17,18)(H,14,15,16). The predicted molar refractivity (Wildman–Crippen MR) is 74.8 cm³/mol. The van der Waals surface area contributed by atoms with Crippen LogP contribution in [0.4, 0.5) is 5.82 Å². The minimum atomic E-state index is 0.549. The summed E-state index contributed by atoms with van der Waals surface area (Å²) >= 11 is 1.45. The van der Waals surface area contributed by atoms with Crippen LogP contribution in [0.5, 0.6) is 0 Å². The monoisotopic (exact) mass is 291 g/mol. The van der Waals surface area contributed by atoms with Crippen molar-refractivity contribution in [1.82, 2.24) is 34.9 Å². The molecule has 10 heteroatoms. The van der Waals surface area contributed by atoms with Gasteiger partial charge in [-0.2, -0.15) is 5.10 Å². The van der Waals surface area contributed by atoms with Crippen molar-refractivity contribution in [2.24, 2.45) is 12.9 Å². The third-order valence-electron chi connectivity index (χ3n) is 2.68. The summed E-state index contributed by atoms with van der Waals surface area (Å²) in [4.78, 5) is 13.1. The summed E-state index contributed by atoms with van der Waals surface area (Å²) < 4.78 is 1.68. The molecule has 0 radical (unpaired) electrons. The number of rotatable bonds is 4. The molecule has 3 heterocycles. The molecule has 4 N–H and O–H groups in total. The Bertz CT molecular complexity index is 746. The molecule has 9 nitrogen and oxygen atoms in total. The third-order valence-corrected chi connectivity index (χ3v) is 3.53. The van der Waals surface area contributed by atoms with Crippen LogP contribution in [0.15, 0.2) is 11.4 Å². The number of aromatic nitrogens is 7. The van der Waals surface area contributed by atoms with Gasteiger partial charge in [-0.15, -0.1) is 5.10 Å². The smallest absolute Gasteiger partial charge is 0.208 e. The highest BCUT2D eigenvalue weighted by Gasteiger charge is 2.11. The second kappa shape index (κ2) is 5.06. The van der Waals surface area contributed by atoms with Crippen molar-refractivity contribution < 1.29 is 0 Å². The Morgan fingerprint density at radius 2 is 2.25 bits per heavy atom. The summed E-state index contributed by atoms with van der Waals surface area (Å²) in [6.45, 7) is 1.85. The van der Waals surface area contributed by atoms with Gasteiger partial charge in [-0.3, -0.25) is 9.78 Å². The van der Waals surface area contributed by atoms with E-state index in [1.165, 1.54) is 11.8 Å². The molecule has 0 spiro atoms. The number of nitrogens with zero attached hydrogens (tertiary/aromatic N) is 6. The number of nitrogen functional groups attached to an aromatic ring is 1. The normalized spacial score (nSPS) is 11.2. The van der Waals surface area contributed by atoms with Gasteiger partial charge >= 0.3 is 0 Å². The van der Waals surface area contributed by atoms with Crippen LogP contribution in [-0.4, -0.2) is 34.9 Å². The maximum atomic E-state index is 5.49. The maximum Gasteiger partial charge on any atom is 0.208 e. The van der Waals surface area contributed by atoms with Crippen LogP contribution in [0, 0.1) is 6.92 Å². The van der Waals surface area contributed by atoms with E-state index in [1.807, 2.05) is 14.0 Å². The third kappa shape index (κ3) is 2.30.